The molecule has 4 heteroatoms. The minimum Gasteiger partial charge on any atom is -0.236 e. The van der Waals surface area contributed by atoms with Crippen molar-refractivity contribution < 1.29 is 19.6 Å². The molecule has 0 aromatic rings. The van der Waals surface area contributed by atoms with Gasteiger partial charge in [0.25, 0.3) is 0 Å². The summed E-state index contributed by atoms with van der Waals surface area (Å²) in [6.45, 7) is 17.5. The second-order valence-electron chi connectivity index (χ2n) is 7.75. The van der Waals surface area contributed by atoms with Crippen molar-refractivity contribution in [1.82, 2.24) is 0 Å². The van der Waals surface area contributed by atoms with Crippen molar-refractivity contribution in [1.29, 1.82) is 0 Å². The lowest BCUT2D eigenvalue weighted by molar-refractivity contribution is -0.355. The molecule has 2 unspecified atom stereocenters. The summed E-state index contributed by atoms with van der Waals surface area (Å²) >= 11 is 0. The second kappa shape index (κ2) is 8.98. The van der Waals surface area contributed by atoms with E-state index in [0.717, 1.165) is 12.8 Å². The fourth-order valence-corrected chi connectivity index (χ4v) is 1.39. The van der Waals surface area contributed by atoms with Gasteiger partial charge in [-0.3, -0.25) is 0 Å². The van der Waals surface area contributed by atoms with Crippen molar-refractivity contribution in [2.75, 3.05) is 13.2 Å². The molecule has 0 aromatic heterocycles. The van der Waals surface area contributed by atoms with Crippen LogP contribution in [0.5, 0.6) is 0 Å². The molecule has 0 saturated heterocycles. The van der Waals surface area contributed by atoms with Crippen LogP contribution < -0.4 is 0 Å². The maximum absolute atomic E-state index is 5.26. The first-order chi connectivity index (χ1) is 8.99. The molecule has 0 rings (SSSR count). The van der Waals surface area contributed by atoms with E-state index in [1.807, 2.05) is 41.5 Å². The Balaban J connectivity index is 3.60. The van der Waals surface area contributed by atoms with E-state index in [0.29, 0.717) is 25.0 Å². The van der Waals surface area contributed by atoms with Gasteiger partial charge in [0.1, 0.15) is 0 Å². The van der Waals surface area contributed by atoms with Gasteiger partial charge in [-0.1, -0.05) is 13.8 Å². The van der Waals surface area contributed by atoms with Crippen molar-refractivity contribution in [2.24, 2.45) is 11.8 Å². The Kier molecular flexibility index (Phi) is 8.91. The Morgan fingerprint density at radius 1 is 0.650 bits per heavy atom. The highest BCUT2D eigenvalue weighted by Gasteiger charge is 2.15. The summed E-state index contributed by atoms with van der Waals surface area (Å²) in [5.41, 5.74) is -0.490. The molecule has 0 radical (unpaired) electrons. The largest absolute Gasteiger partial charge is 0.236 e. The Bertz CT molecular complexity index is 214. The summed E-state index contributed by atoms with van der Waals surface area (Å²) in [6, 6.07) is 0. The molecule has 0 bridgehead atoms. The van der Waals surface area contributed by atoms with E-state index in [2.05, 4.69) is 13.8 Å². The zero-order chi connectivity index (χ0) is 15.8. The average Bonchev–Trinajstić information content (AvgIpc) is 2.22. The molecule has 0 N–H and O–H groups in total. The maximum atomic E-state index is 5.26. The lowest BCUT2D eigenvalue weighted by Gasteiger charge is -2.21. The molecule has 0 saturated carbocycles. The SMILES string of the molecule is CC(CCC(C)COOC(C)(C)C)COOC(C)(C)C. The topological polar surface area (TPSA) is 36.9 Å². The van der Waals surface area contributed by atoms with Crippen LogP contribution in [0.4, 0.5) is 0 Å². The van der Waals surface area contributed by atoms with Crippen LogP contribution in [-0.2, 0) is 19.6 Å². The summed E-state index contributed by atoms with van der Waals surface area (Å²) in [7, 11) is 0. The van der Waals surface area contributed by atoms with E-state index in [-0.39, 0.29) is 11.2 Å². The summed E-state index contributed by atoms with van der Waals surface area (Å²) in [5, 5.41) is 0. The standard InChI is InChI=1S/C16H34O4/c1-13(11-17-19-15(3,4)5)9-10-14(2)12-18-20-16(6,7)8/h13-14H,9-12H2,1-8H3. The lowest BCUT2D eigenvalue weighted by atomic mass is 9.99. The monoisotopic (exact) mass is 290 g/mol. The van der Waals surface area contributed by atoms with Crippen molar-refractivity contribution in [2.45, 2.75) is 79.4 Å². The molecule has 0 aromatic carbocycles. The Morgan fingerprint density at radius 2 is 0.950 bits per heavy atom. The lowest BCUT2D eigenvalue weighted by Crippen LogP contribution is -2.22. The third-order valence-corrected chi connectivity index (χ3v) is 2.48. The molecule has 122 valence electrons. The molecule has 0 aliphatic carbocycles. The summed E-state index contributed by atoms with van der Waals surface area (Å²) < 4.78 is 0. The van der Waals surface area contributed by atoms with Gasteiger partial charge in [0, 0.05) is 0 Å². The molecular weight excluding hydrogens is 256 g/mol. The minimum absolute atomic E-state index is 0.245. The summed E-state index contributed by atoms with van der Waals surface area (Å²) in [5.74, 6) is 0.951. The highest BCUT2D eigenvalue weighted by atomic mass is 17.2. The Labute approximate surface area is 125 Å². The van der Waals surface area contributed by atoms with E-state index in [4.69, 9.17) is 19.6 Å². The molecule has 0 heterocycles. The van der Waals surface area contributed by atoms with Crippen molar-refractivity contribution >= 4 is 0 Å². The van der Waals surface area contributed by atoms with Gasteiger partial charge in [-0.25, -0.2) is 19.6 Å². The third kappa shape index (κ3) is 14.3. The zero-order valence-corrected chi connectivity index (χ0v) is 14.6. The molecule has 4 nitrogen and oxygen atoms in total. The fraction of sp³-hybridized carbons (Fsp3) is 1.00. The van der Waals surface area contributed by atoms with Crippen LogP contribution >= 0.6 is 0 Å². The number of hydrogen-bond acceptors (Lipinski definition) is 4. The van der Waals surface area contributed by atoms with E-state index in [1.165, 1.54) is 0 Å². The molecular formula is C16H34O4. The Hall–Kier alpha value is -0.160. The predicted molar refractivity (Wildman–Crippen MR) is 81.1 cm³/mol. The highest BCUT2D eigenvalue weighted by Crippen LogP contribution is 2.16. The van der Waals surface area contributed by atoms with Gasteiger partial charge in [0.2, 0.25) is 0 Å². The smallest absolute Gasteiger partial charge is 0.0952 e. The fourth-order valence-electron chi connectivity index (χ4n) is 1.39. The second-order valence-corrected chi connectivity index (χ2v) is 7.75. The molecule has 0 amide bonds. The predicted octanol–water partition coefficient (Wildman–Crippen LogP) is 4.53. The van der Waals surface area contributed by atoms with Crippen LogP contribution in [0, 0.1) is 11.8 Å². The molecule has 0 aliphatic rings. The zero-order valence-electron chi connectivity index (χ0n) is 14.6. The van der Waals surface area contributed by atoms with Crippen molar-refractivity contribution in [3.05, 3.63) is 0 Å². The normalized spacial score (nSPS) is 16.2. The van der Waals surface area contributed by atoms with E-state index in [9.17, 15) is 0 Å². The number of rotatable bonds is 9. The first-order valence-electron chi connectivity index (χ1n) is 7.61. The van der Waals surface area contributed by atoms with Gasteiger partial charge >= 0.3 is 0 Å². The molecule has 0 fully saturated rings. The third-order valence-electron chi connectivity index (χ3n) is 2.48. The van der Waals surface area contributed by atoms with Crippen molar-refractivity contribution in [3.63, 3.8) is 0 Å². The molecule has 0 spiro atoms. The Morgan fingerprint density at radius 3 is 1.20 bits per heavy atom. The quantitative estimate of drug-likeness (QED) is 0.462. The van der Waals surface area contributed by atoms with Gasteiger partial charge in [-0.2, -0.15) is 0 Å². The first-order valence-corrected chi connectivity index (χ1v) is 7.61. The van der Waals surface area contributed by atoms with Crippen LogP contribution in [-0.4, -0.2) is 24.4 Å². The van der Waals surface area contributed by atoms with Crippen LogP contribution in [0.1, 0.15) is 68.2 Å². The van der Waals surface area contributed by atoms with Crippen LogP contribution in [0.15, 0.2) is 0 Å². The molecule has 20 heavy (non-hydrogen) atoms. The number of hydrogen-bond donors (Lipinski definition) is 0. The molecule has 0 aliphatic heterocycles. The van der Waals surface area contributed by atoms with Crippen LogP contribution in [0.25, 0.3) is 0 Å². The average molecular weight is 290 g/mol. The van der Waals surface area contributed by atoms with Gasteiger partial charge in [-0.05, 0) is 66.2 Å². The van der Waals surface area contributed by atoms with Crippen LogP contribution in [0.3, 0.4) is 0 Å². The van der Waals surface area contributed by atoms with E-state index >= 15 is 0 Å². The minimum atomic E-state index is -0.245. The highest BCUT2D eigenvalue weighted by molar-refractivity contribution is 4.58. The van der Waals surface area contributed by atoms with Gasteiger partial charge < -0.3 is 0 Å². The molecule has 2 atom stereocenters. The van der Waals surface area contributed by atoms with Gasteiger partial charge in [-0.15, -0.1) is 0 Å². The maximum Gasteiger partial charge on any atom is 0.0952 e. The van der Waals surface area contributed by atoms with E-state index in [1.54, 1.807) is 0 Å². The van der Waals surface area contributed by atoms with E-state index < -0.39 is 0 Å². The van der Waals surface area contributed by atoms with Crippen LogP contribution in [0.2, 0.25) is 0 Å². The summed E-state index contributed by atoms with van der Waals surface area (Å²) in [4.78, 5) is 21.1. The van der Waals surface area contributed by atoms with Gasteiger partial charge in [0.15, 0.2) is 0 Å². The first kappa shape index (κ1) is 19.8. The summed E-state index contributed by atoms with van der Waals surface area (Å²) in [6.07, 6.45) is 2.18. The van der Waals surface area contributed by atoms with Crippen molar-refractivity contribution in [3.8, 4) is 0 Å². The van der Waals surface area contributed by atoms with Gasteiger partial charge in [0.05, 0.1) is 24.4 Å².